The van der Waals surface area contributed by atoms with Crippen LogP contribution in [0.4, 0.5) is 0 Å². The molecule has 0 aromatic heterocycles. The minimum absolute atomic E-state index is 0.874. The average molecular weight is 279 g/mol. The molecule has 0 radical (unpaired) electrons. The predicted molar refractivity (Wildman–Crippen MR) is 89.7 cm³/mol. The van der Waals surface area contributed by atoms with Gasteiger partial charge in [0, 0.05) is 0 Å². The normalized spacial score (nSPS) is 34.6. The SMILES string of the molecule is CC(C)C1CCCC(C(C)C2CCCCC2)C1C(C)C. The number of hydrogen-bond donors (Lipinski definition) is 0. The molecule has 0 heterocycles. The molecule has 4 atom stereocenters. The van der Waals surface area contributed by atoms with Gasteiger partial charge in [-0.25, -0.2) is 0 Å². The van der Waals surface area contributed by atoms with E-state index in [1.165, 1.54) is 51.4 Å². The fourth-order valence-corrected chi connectivity index (χ4v) is 5.68. The fraction of sp³-hybridized carbons (Fsp3) is 1.00. The molecule has 0 N–H and O–H groups in total. The highest BCUT2D eigenvalue weighted by Crippen LogP contribution is 2.49. The largest absolute Gasteiger partial charge is 0.0625 e. The highest BCUT2D eigenvalue weighted by molar-refractivity contribution is 4.90. The van der Waals surface area contributed by atoms with Gasteiger partial charge in [0.05, 0.1) is 0 Å². The lowest BCUT2D eigenvalue weighted by atomic mass is 9.58. The van der Waals surface area contributed by atoms with Gasteiger partial charge in [-0.2, -0.15) is 0 Å². The third kappa shape index (κ3) is 3.60. The van der Waals surface area contributed by atoms with Gasteiger partial charge in [-0.15, -0.1) is 0 Å². The lowest BCUT2D eigenvalue weighted by Gasteiger charge is -2.47. The lowest BCUT2D eigenvalue weighted by molar-refractivity contribution is 0.0187. The third-order valence-electron chi connectivity index (χ3n) is 6.76. The molecule has 0 saturated heterocycles. The Kier molecular flexibility index (Phi) is 5.99. The quantitative estimate of drug-likeness (QED) is 0.547. The van der Waals surface area contributed by atoms with Crippen LogP contribution in [0.5, 0.6) is 0 Å². The van der Waals surface area contributed by atoms with Crippen molar-refractivity contribution in [2.45, 2.75) is 86.0 Å². The Morgan fingerprint density at radius 3 is 1.75 bits per heavy atom. The second-order valence-corrected chi connectivity index (χ2v) is 8.58. The van der Waals surface area contributed by atoms with Crippen LogP contribution in [0.25, 0.3) is 0 Å². The van der Waals surface area contributed by atoms with E-state index in [0.29, 0.717) is 0 Å². The zero-order chi connectivity index (χ0) is 14.7. The van der Waals surface area contributed by atoms with Crippen LogP contribution in [0, 0.1) is 41.4 Å². The molecule has 0 aromatic carbocycles. The van der Waals surface area contributed by atoms with Crippen molar-refractivity contribution in [3.63, 3.8) is 0 Å². The minimum atomic E-state index is 0.874. The molecule has 2 saturated carbocycles. The summed E-state index contributed by atoms with van der Waals surface area (Å²) in [7, 11) is 0. The highest BCUT2D eigenvalue weighted by Gasteiger charge is 2.40. The molecule has 0 aromatic rings. The standard InChI is InChI=1S/C20H38/c1-14(2)18-12-9-13-19(20(18)15(3)4)16(5)17-10-7-6-8-11-17/h14-20H,6-13H2,1-5H3. The smallest absolute Gasteiger partial charge is 0.0329 e. The molecular weight excluding hydrogens is 240 g/mol. The number of hydrogen-bond acceptors (Lipinski definition) is 0. The van der Waals surface area contributed by atoms with Crippen molar-refractivity contribution in [1.82, 2.24) is 0 Å². The van der Waals surface area contributed by atoms with Crippen LogP contribution in [-0.2, 0) is 0 Å². The van der Waals surface area contributed by atoms with E-state index in [1.54, 1.807) is 0 Å². The fourth-order valence-electron chi connectivity index (χ4n) is 5.68. The third-order valence-corrected chi connectivity index (χ3v) is 6.76. The maximum absolute atomic E-state index is 2.61. The van der Waals surface area contributed by atoms with E-state index in [1.807, 2.05) is 0 Å². The molecular formula is C20H38. The van der Waals surface area contributed by atoms with E-state index in [0.717, 1.165) is 41.4 Å². The Hall–Kier alpha value is 0. The molecule has 0 heteroatoms. The Bertz CT molecular complexity index is 272. The first-order valence-corrected chi connectivity index (χ1v) is 9.52. The second-order valence-electron chi connectivity index (χ2n) is 8.58. The molecule has 0 spiro atoms. The summed E-state index contributed by atoms with van der Waals surface area (Å²) in [6.07, 6.45) is 12.1. The average Bonchev–Trinajstić information content (AvgIpc) is 2.46. The predicted octanol–water partition coefficient (Wildman–Crippen LogP) is 6.55. The summed E-state index contributed by atoms with van der Waals surface area (Å²) in [5.74, 6) is 6.76. The topological polar surface area (TPSA) is 0 Å². The van der Waals surface area contributed by atoms with E-state index in [9.17, 15) is 0 Å². The minimum Gasteiger partial charge on any atom is -0.0625 e. The summed E-state index contributed by atoms with van der Waals surface area (Å²) >= 11 is 0. The number of rotatable bonds is 4. The van der Waals surface area contributed by atoms with E-state index in [4.69, 9.17) is 0 Å². The highest BCUT2D eigenvalue weighted by atomic mass is 14.5. The zero-order valence-corrected chi connectivity index (χ0v) is 14.7. The van der Waals surface area contributed by atoms with Gasteiger partial charge in [0.15, 0.2) is 0 Å². The molecule has 2 fully saturated rings. The maximum atomic E-state index is 2.61. The molecule has 0 bridgehead atoms. The molecule has 118 valence electrons. The Morgan fingerprint density at radius 2 is 1.20 bits per heavy atom. The summed E-state index contributed by atoms with van der Waals surface area (Å²) in [6, 6.07) is 0. The van der Waals surface area contributed by atoms with Gasteiger partial charge in [-0.1, -0.05) is 73.1 Å². The summed E-state index contributed by atoms with van der Waals surface area (Å²) in [5.41, 5.74) is 0. The van der Waals surface area contributed by atoms with E-state index >= 15 is 0 Å². The van der Waals surface area contributed by atoms with Crippen LogP contribution in [0.3, 0.4) is 0 Å². The Morgan fingerprint density at radius 1 is 0.600 bits per heavy atom. The van der Waals surface area contributed by atoms with E-state index < -0.39 is 0 Å². The summed E-state index contributed by atoms with van der Waals surface area (Å²) in [4.78, 5) is 0. The lowest BCUT2D eigenvalue weighted by Crippen LogP contribution is -2.40. The Labute approximate surface area is 128 Å². The van der Waals surface area contributed by atoms with Gasteiger partial charge in [-0.3, -0.25) is 0 Å². The van der Waals surface area contributed by atoms with Crippen LogP contribution in [0.2, 0.25) is 0 Å². The molecule has 0 nitrogen and oxygen atoms in total. The van der Waals surface area contributed by atoms with Crippen LogP contribution >= 0.6 is 0 Å². The summed E-state index contributed by atoms with van der Waals surface area (Å²) < 4.78 is 0. The van der Waals surface area contributed by atoms with Crippen LogP contribution in [0.1, 0.15) is 86.0 Å². The van der Waals surface area contributed by atoms with Crippen molar-refractivity contribution < 1.29 is 0 Å². The molecule has 2 aliphatic rings. The van der Waals surface area contributed by atoms with E-state index in [-0.39, 0.29) is 0 Å². The van der Waals surface area contributed by atoms with Gasteiger partial charge >= 0.3 is 0 Å². The van der Waals surface area contributed by atoms with E-state index in [2.05, 4.69) is 34.6 Å². The van der Waals surface area contributed by atoms with Crippen molar-refractivity contribution in [3.05, 3.63) is 0 Å². The molecule has 0 amide bonds. The first-order valence-electron chi connectivity index (χ1n) is 9.52. The first kappa shape index (κ1) is 16.4. The summed E-state index contributed by atoms with van der Waals surface area (Å²) in [5, 5.41) is 0. The van der Waals surface area contributed by atoms with Crippen molar-refractivity contribution >= 4 is 0 Å². The molecule has 2 rings (SSSR count). The molecule has 2 aliphatic carbocycles. The molecule has 20 heavy (non-hydrogen) atoms. The summed E-state index contributed by atoms with van der Waals surface area (Å²) in [6.45, 7) is 12.5. The van der Waals surface area contributed by atoms with Gasteiger partial charge in [0.2, 0.25) is 0 Å². The van der Waals surface area contributed by atoms with Gasteiger partial charge in [0.25, 0.3) is 0 Å². The maximum Gasteiger partial charge on any atom is -0.0329 e. The Balaban J connectivity index is 2.09. The van der Waals surface area contributed by atoms with Crippen molar-refractivity contribution in [2.24, 2.45) is 41.4 Å². The van der Waals surface area contributed by atoms with Crippen LogP contribution in [-0.4, -0.2) is 0 Å². The van der Waals surface area contributed by atoms with Crippen molar-refractivity contribution in [1.29, 1.82) is 0 Å². The van der Waals surface area contributed by atoms with Crippen LogP contribution < -0.4 is 0 Å². The monoisotopic (exact) mass is 278 g/mol. The van der Waals surface area contributed by atoms with Crippen LogP contribution in [0.15, 0.2) is 0 Å². The first-order chi connectivity index (χ1) is 9.52. The van der Waals surface area contributed by atoms with Gasteiger partial charge in [0.1, 0.15) is 0 Å². The second kappa shape index (κ2) is 7.32. The molecule has 0 aliphatic heterocycles. The van der Waals surface area contributed by atoms with Crippen molar-refractivity contribution in [2.75, 3.05) is 0 Å². The van der Waals surface area contributed by atoms with Gasteiger partial charge in [-0.05, 0) is 54.3 Å². The zero-order valence-electron chi connectivity index (χ0n) is 14.7. The van der Waals surface area contributed by atoms with Gasteiger partial charge < -0.3 is 0 Å². The molecule has 4 unspecified atom stereocenters. The van der Waals surface area contributed by atoms with Crippen molar-refractivity contribution in [3.8, 4) is 0 Å².